The third kappa shape index (κ3) is 6.09. The zero-order valence-corrected chi connectivity index (χ0v) is 21.5. The fourth-order valence-electron chi connectivity index (χ4n) is 5.58. The van der Waals surface area contributed by atoms with Crippen molar-refractivity contribution in [2.24, 2.45) is 5.92 Å². The van der Waals surface area contributed by atoms with Crippen molar-refractivity contribution in [1.82, 2.24) is 20.2 Å². The zero-order valence-electron chi connectivity index (χ0n) is 20.7. The number of likely N-dealkylation sites (tertiary alicyclic amines) is 1. The summed E-state index contributed by atoms with van der Waals surface area (Å²) in [7, 11) is 0. The molecule has 0 radical (unpaired) electrons. The third-order valence-electron chi connectivity index (χ3n) is 8.07. The van der Waals surface area contributed by atoms with E-state index in [0.717, 1.165) is 77.2 Å². The van der Waals surface area contributed by atoms with E-state index in [1.54, 1.807) is 24.5 Å². The van der Waals surface area contributed by atoms with Gasteiger partial charge in [0.2, 0.25) is 11.9 Å². The summed E-state index contributed by atoms with van der Waals surface area (Å²) in [5.41, 5.74) is 0.691. The molecule has 3 fully saturated rings. The van der Waals surface area contributed by atoms with E-state index in [-0.39, 0.29) is 23.7 Å². The molecule has 9 heteroatoms. The number of nitrogens with zero attached hydrogens (tertiary/aromatic N) is 4. The predicted octanol–water partition coefficient (Wildman–Crippen LogP) is 4.24. The number of piperidine rings is 2. The quantitative estimate of drug-likeness (QED) is 0.530. The molecule has 3 saturated heterocycles. The average Bonchev–Trinajstić information content (AvgIpc) is 2.88. The van der Waals surface area contributed by atoms with E-state index in [4.69, 9.17) is 16.3 Å². The summed E-state index contributed by atoms with van der Waals surface area (Å²) >= 11 is 5.88. The predicted molar refractivity (Wildman–Crippen MR) is 138 cm³/mol. The van der Waals surface area contributed by atoms with Gasteiger partial charge in [-0.1, -0.05) is 17.7 Å². The number of hydrogen-bond donors (Lipinski definition) is 1. The van der Waals surface area contributed by atoms with Crippen LogP contribution in [0.25, 0.3) is 0 Å². The molecule has 1 N–H and O–H groups in total. The Hall–Kier alpha value is -2.45. The first-order valence-corrected chi connectivity index (χ1v) is 13.5. The Kier molecular flexibility index (Phi) is 7.91. The molecule has 1 amide bonds. The van der Waals surface area contributed by atoms with Gasteiger partial charge in [-0.2, -0.15) is 0 Å². The minimum atomic E-state index is -0.369. The smallest absolute Gasteiger partial charge is 0.227 e. The van der Waals surface area contributed by atoms with Crippen molar-refractivity contribution in [3.63, 3.8) is 0 Å². The van der Waals surface area contributed by atoms with Crippen LogP contribution in [-0.4, -0.2) is 65.6 Å². The molecular weight excluding hydrogens is 481 g/mol. The molecule has 3 aliphatic rings. The topological polar surface area (TPSA) is 70.6 Å². The zero-order chi connectivity index (χ0) is 25.0. The number of anilines is 1. The number of rotatable bonds is 8. The van der Waals surface area contributed by atoms with E-state index in [9.17, 15) is 9.18 Å². The van der Waals surface area contributed by atoms with Gasteiger partial charge in [0.05, 0.1) is 30.4 Å². The van der Waals surface area contributed by atoms with Crippen LogP contribution in [0, 0.1) is 11.7 Å². The van der Waals surface area contributed by atoms with Gasteiger partial charge in [0, 0.05) is 37.8 Å². The van der Waals surface area contributed by atoms with E-state index in [0.29, 0.717) is 28.9 Å². The standard InChI is InChI=1S/C27H35ClFN5O2/c28-22-18-30-26(31-19-22)34-11-5-20(6-12-34)2-1-15-36-23-4-3-21(24(29)17-23)16-25(35)33-13-8-27(9-14-33)7-10-32-27/h3-4,17-20,32H,1-2,5-16H2. The molecule has 1 aromatic carbocycles. The maximum absolute atomic E-state index is 14.7. The highest BCUT2D eigenvalue weighted by molar-refractivity contribution is 6.30. The molecule has 1 aromatic heterocycles. The van der Waals surface area contributed by atoms with Crippen molar-refractivity contribution in [3.05, 3.63) is 47.0 Å². The summed E-state index contributed by atoms with van der Waals surface area (Å²) < 4.78 is 20.5. The summed E-state index contributed by atoms with van der Waals surface area (Å²) in [5.74, 6) is 1.54. The Morgan fingerprint density at radius 2 is 1.86 bits per heavy atom. The van der Waals surface area contributed by atoms with Crippen LogP contribution in [0.1, 0.15) is 50.5 Å². The van der Waals surface area contributed by atoms with Crippen molar-refractivity contribution in [3.8, 4) is 5.75 Å². The minimum absolute atomic E-state index is 0.00501. The van der Waals surface area contributed by atoms with Gasteiger partial charge in [0.15, 0.2) is 0 Å². The lowest BCUT2D eigenvalue weighted by molar-refractivity contribution is -0.132. The Morgan fingerprint density at radius 3 is 2.50 bits per heavy atom. The monoisotopic (exact) mass is 515 g/mol. The van der Waals surface area contributed by atoms with E-state index in [1.165, 1.54) is 12.5 Å². The average molecular weight is 516 g/mol. The largest absolute Gasteiger partial charge is 0.493 e. The molecule has 5 rings (SSSR count). The molecule has 0 saturated carbocycles. The van der Waals surface area contributed by atoms with Crippen LogP contribution >= 0.6 is 11.6 Å². The van der Waals surface area contributed by atoms with Gasteiger partial charge in [-0.3, -0.25) is 4.79 Å². The highest BCUT2D eigenvalue weighted by Crippen LogP contribution is 2.31. The van der Waals surface area contributed by atoms with E-state index in [1.807, 2.05) is 4.90 Å². The summed E-state index contributed by atoms with van der Waals surface area (Å²) in [5, 5.41) is 4.06. The van der Waals surface area contributed by atoms with Crippen molar-refractivity contribution in [2.75, 3.05) is 44.2 Å². The fourth-order valence-corrected chi connectivity index (χ4v) is 5.68. The molecule has 1 spiro atoms. The highest BCUT2D eigenvalue weighted by atomic mass is 35.5. The van der Waals surface area contributed by atoms with Gasteiger partial charge in [-0.05, 0) is 69.0 Å². The molecule has 0 unspecified atom stereocenters. The van der Waals surface area contributed by atoms with Crippen LogP contribution in [0.2, 0.25) is 5.02 Å². The summed E-state index contributed by atoms with van der Waals surface area (Å²) in [6.07, 6.45) is 10.7. The Balaban J connectivity index is 1.00. The van der Waals surface area contributed by atoms with Crippen LogP contribution in [-0.2, 0) is 11.2 Å². The highest BCUT2D eigenvalue weighted by Gasteiger charge is 2.40. The lowest BCUT2D eigenvalue weighted by Crippen LogP contribution is -2.62. The van der Waals surface area contributed by atoms with Gasteiger partial charge in [0.1, 0.15) is 11.6 Å². The first-order valence-electron chi connectivity index (χ1n) is 13.2. The number of nitrogens with one attached hydrogen (secondary N) is 1. The molecule has 36 heavy (non-hydrogen) atoms. The van der Waals surface area contributed by atoms with Crippen molar-refractivity contribution >= 4 is 23.5 Å². The normalized spacial score (nSPS) is 19.8. The second kappa shape index (κ2) is 11.3. The number of benzene rings is 1. The van der Waals surface area contributed by atoms with Gasteiger partial charge in [0.25, 0.3) is 0 Å². The van der Waals surface area contributed by atoms with Gasteiger partial charge in [-0.25, -0.2) is 14.4 Å². The Labute approximate surface area is 217 Å². The number of ether oxygens (including phenoxy) is 1. The van der Waals surface area contributed by atoms with Crippen LogP contribution in [0.5, 0.6) is 5.75 Å². The second-order valence-electron chi connectivity index (χ2n) is 10.4. The number of halogens is 2. The molecule has 0 bridgehead atoms. The van der Waals surface area contributed by atoms with E-state index in [2.05, 4.69) is 20.2 Å². The summed E-state index contributed by atoms with van der Waals surface area (Å²) in [6.45, 7) is 5.02. The molecule has 0 aliphatic carbocycles. The Morgan fingerprint density at radius 1 is 1.14 bits per heavy atom. The molecule has 0 atom stereocenters. The van der Waals surface area contributed by atoms with Gasteiger partial charge >= 0.3 is 0 Å². The lowest BCUT2D eigenvalue weighted by atomic mass is 9.79. The van der Waals surface area contributed by atoms with Gasteiger partial charge < -0.3 is 19.9 Å². The van der Waals surface area contributed by atoms with E-state index < -0.39 is 0 Å². The SMILES string of the molecule is O=C(Cc1ccc(OCCCC2CCN(c3ncc(Cl)cn3)CC2)cc1F)N1CCC2(CCN2)CC1. The maximum Gasteiger partial charge on any atom is 0.227 e. The number of carbonyl (C=O) groups is 1. The van der Waals surface area contributed by atoms with Crippen LogP contribution in [0.15, 0.2) is 30.6 Å². The first-order chi connectivity index (χ1) is 17.5. The minimum Gasteiger partial charge on any atom is -0.493 e. The lowest BCUT2D eigenvalue weighted by Gasteiger charge is -2.48. The molecule has 7 nitrogen and oxygen atoms in total. The van der Waals surface area contributed by atoms with E-state index >= 15 is 0 Å². The number of carbonyl (C=O) groups excluding carboxylic acids is 1. The number of hydrogen-bond acceptors (Lipinski definition) is 6. The van der Waals surface area contributed by atoms with Crippen molar-refractivity contribution in [1.29, 1.82) is 0 Å². The maximum atomic E-state index is 14.7. The van der Waals surface area contributed by atoms with Crippen molar-refractivity contribution < 1.29 is 13.9 Å². The van der Waals surface area contributed by atoms with Crippen LogP contribution in [0.3, 0.4) is 0 Å². The first kappa shape index (κ1) is 25.2. The molecular formula is C27H35ClFN5O2. The third-order valence-corrected chi connectivity index (χ3v) is 8.27. The van der Waals surface area contributed by atoms with Crippen molar-refractivity contribution in [2.45, 2.75) is 56.9 Å². The second-order valence-corrected chi connectivity index (χ2v) is 10.8. The summed E-state index contributed by atoms with van der Waals surface area (Å²) in [4.78, 5) is 25.4. The molecule has 2 aromatic rings. The molecule has 194 valence electrons. The number of amides is 1. The van der Waals surface area contributed by atoms with Gasteiger partial charge in [-0.15, -0.1) is 0 Å². The Bertz CT molecular complexity index is 1030. The molecule has 4 heterocycles. The molecule has 3 aliphatic heterocycles. The number of aromatic nitrogens is 2. The van der Waals surface area contributed by atoms with Crippen LogP contribution in [0.4, 0.5) is 10.3 Å². The summed E-state index contributed by atoms with van der Waals surface area (Å²) in [6, 6.07) is 4.88. The van der Waals surface area contributed by atoms with Crippen LogP contribution < -0.4 is 15.0 Å². The fraction of sp³-hybridized carbons (Fsp3) is 0.593.